The zero-order chi connectivity index (χ0) is 14.3. The summed E-state index contributed by atoms with van der Waals surface area (Å²) in [6, 6.07) is 9.22. The van der Waals surface area contributed by atoms with Crippen molar-refractivity contribution in [2.75, 3.05) is 6.54 Å². The molecule has 2 amide bonds. The number of nitrogens with one attached hydrogen (secondary N) is 1. The van der Waals surface area contributed by atoms with E-state index in [-0.39, 0.29) is 11.8 Å². The van der Waals surface area contributed by atoms with Gasteiger partial charge in [-0.1, -0.05) is 30.3 Å². The van der Waals surface area contributed by atoms with Crippen LogP contribution in [0.4, 0.5) is 0 Å². The van der Waals surface area contributed by atoms with Gasteiger partial charge in [0, 0.05) is 13.0 Å². The van der Waals surface area contributed by atoms with Gasteiger partial charge in [0.2, 0.25) is 11.8 Å². The Bertz CT molecular complexity index is 430. The molecule has 0 aromatic heterocycles. The number of hydrogen-bond donors (Lipinski definition) is 3. The fourth-order valence-electron chi connectivity index (χ4n) is 1.73. The number of carbonyl (C=O) groups is 2. The summed E-state index contributed by atoms with van der Waals surface area (Å²) in [4.78, 5) is 22.6. The van der Waals surface area contributed by atoms with Gasteiger partial charge in [-0.15, -0.1) is 0 Å². The molecule has 1 aromatic rings. The number of unbranched alkanes of at least 4 members (excludes halogenated alkanes) is 1. The number of primary amides is 1. The molecule has 0 saturated carbocycles. The number of nitrogens with two attached hydrogens (primary N) is 2. The van der Waals surface area contributed by atoms with Gasteiger partial charge in [0.05, 0.1) is 0 Å². The highest BCUT2D eigenvalue weighted by atomic mass is 16.2. The molecule has 0 fully saturated rings. The van der Waals surface area contributed by atoms with E-state index in [0.717, 1.165) is 5.56 Å². The lowest BCUT2D eigenvalue weighted by Crippen LogP contribution is -2.49. The highest BCUT2D eigenvalue weighted by molar-refractivity contribution is 5.86. The molecule has 0 aliphatic carbocycles. The van der Waals surface area contributed by atoms with Crippen LogP contribution in [0.2, 0.25) is 0 Å². The second kappa shape index (κ2) is 6.89. The second-order valence-corrected chi connectivity index (χ2v) is 4.75. The van der Waals surface area contributed by atoms with E-state index < -0.39 is 5.54 Å². The van der Waals surface area contributed by atoms with Crippen molar-refractivity contribution in [2.45, 2.75) is 31.7 Å². The van der Waals surface area contributed by atoms with Gasteiger partial charge in [-0.3, -0.25) is 9.59 Å². The Kier molecular flexibility index (Phi) is 5.51. The van der Waals surface area contributed by atoms with E-state index in [4.69, 9.17) is 11.5 Å². The predicted molar refractivity (Wildman–Crippen MR) is 74.0 cm³/mol. The minimum absolute atomic E-state index is 0.224. The first kappa shape index (κ1) is 15.2. The Balaban J connectivity index is 2.42. The topological polar surface area (TPSA) is 98.2 Å². The molecular weight excluding hydrogens is 242 g/mol. The van der Waals surface area contributed by atoms with E-state index in [1.54, 1.807) is 6.92 Å². The molecule has 1 aromatic carbocycles. The summed E-state index contributed by atoms with van der Waals surface area (Å²) < 4.78 is 0. The molecule has 0 heterocycles. The summed E-state index contributed by atoms with van der Waals surface area (Å²) in [6.45, 7) is 2.17. The van der Waals surface area contributed by atoms with Gasteiger partial charge in [0.15, 0.2) is 0 Å². The highest BCUT2D eigenvalue weighted by Crippen LogP contribution is 2.17. The number of rotatable bonds is 7. The fourth-order valence-corrected chi connectivity index (χ4v) is 1.73. The smallest absolute Gasteiger partial charge is 0.244 e. The number of hydrogen-bond acceptors (Lipinski definition) is 3. The van der Waals surface area contributed by atoms with Gasteiger partial charge in [-0.05, 0) is 25.3 Å². The Morgan fingerprint density at radius 3 is 2.42 bits per heavy atom. The van der Waals surface area contributed by atoms with Gasteiger partial charge in [-0.2, -0.15) is 0 Å². The van der Waals surface area contributed by atoms with E-state index in [1.807, 2.05) is 30.3 Å². The molecule has 0 radical (unpaired) electrons. The Labute approximate surface area is 113 Å². The van der Waals surface area contributed by atoms with Crippen LogP contribution in [-0.2, 0) is 15.1 Å². The SMILES string of the molecule is CC(N)(C(=O)NCCCCC(N)=O)c1ccccc1. The molecule has 5 nitrogen and oxygen atoms in total. The Hall–Kier alpha value is -1.88. The average Bonchev–Trinajstić information content (AvgIpc) is 2.38. The molecule has 5 N–H and O–H groups in total. The third-order valence-corrected chi connectivity index (χ3v) is 2.98. The molecule has 19 heavy (non-hydrogen) atoms. The Morgan fingerprint density at radius 2 is 1.84 bits per heavy atom. The third kappa shape index (κ3) is 4.71. The number of amides is 2. The van der Waals surface area contributed by atoms with Crippen LogP contribution in [0.5, 0.6) is 0 Å². The molecule has 0 aliphatic rings. The maximum Gasteiger partial charge on any atom is 0.244 e. The van der Waals surface area contributed by atoms with Crippen LogP contribution in [0, 0.1) is 0 Å². The van der Waals surface area contributed by atoms with E-state index in [0.29, 0.717) is 25.8 Å². The van der Waals surface area contributed by atoms with Crippen molar-refractivity contribution in [1.29, 1.82) is 0 Å². The van der Waals surface area contributed by atoms with Crippen LogP contribution >= 0.6 is 0 Å². The first-order valence-electron chi connectivity index (χ1n) is 6.35. The van der Waals surface area contributed by atoms with Gasteiger partial charge in [0.1, 0.15) is 5.54 Å². The molecule has 1 atom stereocenters. The average molecular weight is 263 g/mol. The van der Waals surface area contributed by atoms with E-state index in [9.17, 15) is 9.59 Å². The van der Waals surface area contributed by atoms with Gasteiger partial charge in [0.25, 0.3) is 0 Å². The highest BCUT2D eigenvalue weighted by Gasteiger charge is 2.29. The van der Waals surface area contributed by atoms with Crippen LogP contribution < -0.4 is 16.8 Å². The molecule has 0 aliphatic heterocycles. The third-order valence-electron chi connectivity index (χ3n) is 2.98. The summed E-state index contributed by atoms with van der Waals surface area (Å²) in [7, 11) is 0. The van der Waals surface area contributed by atoms with Crippen LogP contribution in [0.1, 0.15) is 31.7 Å². The first-order chi connectivity index (χ1) is 8.94. The van der Waals surface area contributed by atoms with Crippen molar-refractivity contribution >= 4 is 11.8 Å². The van der Waals surface area contributed by atoms with E-state index in [1.165, 1.54) is 0 Å². The van der Waals surface area contributed by atoms with Gasteiger partial charge < -0.3 is 16.8 Å². The van der Waals surface area contributed by atoms with Crippen LogP contribution in [0.15, 0.2) is 30.3 Å². The summed E-state index contributed by atoms with van der Waals surface area (Å²) >= 11 is 0. The zero-order valence-corrected chi connectivity index (χ0v) is 11.2. The van der Waals surface area contributed by atoms with E-state index in [2.05, 4.69) is 5.32 Å². The first-order valence-corrected chi connectivity index (χ1v) is 6.35. The molecule has 0 bridgehead atoms. The van der Waals surface area contributed by atoms with Crippen LogP contribution in [0.25, 0.3) is 0 Å². The molecule has 0 spiro atoms. The second-order valence-electron chi connectivity index (χ2n) is 4.75. The minimum atomic E-state index is -1.05. The molecule has 0 saturated heterocycles. The minimum Gasteiger partial charge on any atom is -0.370 e. The summed E-state index contributed by atoms with van der Waals surface area (Å²) in [6.07, 6.45) is 1.72. The normalized spacial score (nSPS) is 13.6. The Morgan fingerprint density at radius 1 is 1.21 bits per heavy atom. The monoisotopic (exact) mass is 263 g/mol. The standard InChI is InChI=1S/C14H21N3O2/c1-14(16,11-7-3-2-4-8-11)13(19)17-10-6-5-9-12(15)18/h2-4,7-8H,5-6,9-10,16H2,1H3,(H2,15,18)(H,17,19). The van der Waals surface area contributed by atoms with Crippen LogP contribution in [0.3, 0.4) is 0 Å². The maximum atomic E-state index is 12.0. The molecule has 5 heteroatoms. The quantitative estimate of drug-likeness (QED) is 0.629. The molecular formula is C14H21N3O2. The lowest BCUT2D eigenvalue weighted by atomic mass is 9.92. The molecule has 104 valence electrons. The summed E-state index contributed by atoms with van der Waals surface area (Å²) in [5.41, 5.74) is 10.8. The predicted octanol–water partition coefficient (Wildman–Crippen LogP) is 0.632. The van der Waals surface area contributed by atoms with Crippen LogP contribution in [-0.4, -0.2) is 18.4 Å². The molecule has 1 rings (SSSR count). The van der Waals surface area contributed by atoms with Crippen molar-refractivity contribution in [3.63, 3.8) is 0 Å². The van der Waals surface area contributed by atoms with E-state index >= 15 is 0 Å². The van der Waals surface area contributed by atoms with Gasteiger partial charge >= 0.3 is 0 Å². The molecule has 1 unspecified atom stereocenters. The lowest BCUT2D eigenvalue weighted by Gasteiger charge is -2.24. The van der Waals surface area contributed by atoms with Crippen molar-refractivity contribution in [3.8, 4) is 0 Å². The van der Waals surface area contributed by atoms with Crippen molar-refractivity contribution in [2.24, 2.45) is 11.5 Å². The zero-order valence-electron chi connectivity index (χ0n) is 11.2. The van der Waals surface area contributed by atoms with Gasteiger partial charge in [-0.25, -0.2) is 0 Å². The number of benzene rings is 1. The largest absolute Gasteiger partial charge is 0.370 e. The van der Waals surface area contributed by atoms with Crippen molar-refractivity contribution in [1.82, 2.24) is 5.32 Å². The number of carbonyl (C=O) groups excluding carboxylic acids is 2. The summed E-state index contributed by atoms with van der Waals surface area (Å²) in [5.74, 6) is -0.544. The summed E-state index contributed by atoms with van der Waals surface area (Å²) in [5, 5.41) is 2.78. The fraction of sp³-hybridized carbons (Fsp3) is 0.429. The maximum absolute atomic E-state index is 12.0. The lowest BCUT2D eigenvalue weighted by molar-refractivity contribution is -0.126. The van der Waals surface area contributed by atoms with Crippen molar-refractivity contribution in [3.05, 3.63) is 35.9 Å². The van der Waals surface area contributed by atoms with Crippen molar-refractivity contribution < 1.29 is 9.59 Å².